The third kappa shape index (κ3) is 7.71. The first-order valence-corrected chi connectivity index (χ1v) is 19.3. The summed E-state index contributed by atoms with van der Waals surface area (Å²) in [6, 6.07) is 21.6. The molecule has 4 aromatic heterocycles. The summed E-state index contributed by atoms with van der Waals surface area (Å²) in [4.78, 5) is 45.6. The molecule has 2 atom stereocenters. The largest absolute Gasteiger partial charge is 0.497 e. The van der Waals surface area contributed by atoms with Crippen LogP contribution in [-0.2, 0) is 24.1 Å². The second-order valence-corrected chi connectivity index (χ2v) is 15.7. The van der Waals surface area contributed by atoms with Gasteiger partial charge in [-0.2, -0.15) is 13.2 Å². The van der Waals surface area contributed by atoms with Crippen molar-refractivity contribution in [3.63, 3.8) is 0 Å². The standard InChI is InChI=1S/C41H40F3N7O4S/c1-55-30-10-8-29(9-11-30)51-18-14-33-36(51)47-26-50(39(33)53)25-40(54)15-19-49(20-16-40)38(52)32-13-17-48(24-34(32)27-5-3-2-4-6-27)23-31-22-46-37(56-31)28-7-12-35(45-21-28)41(42,43)44/h2-12,14,18,21-22,26,32,34,54H,13,15-17,19-20,23-25H2,1H3/t32-,34+/m1/s1. The summed E-state index contributed by atoms with van der Waals surface area (Å²) in [5.41, 5.74) is 0.609. The van der Waals surface area contributed by atoms with E-state index in [0.717, 1.165) is 27.9 Å². The number of aliphatic hydroxyl groups is 1. The Balaban J connectivity index is 0.915. The maximum atomic E-state index is 14.2. The zero-order chi connectivity index (χ0) is 39.0. The van der Waals surface area contributed by atoms with Crippen LogP contribution in [0, 0.1) is 5.92 Å². The van der Waals surface area contributed by atoms with Crippen molar-refractivity contribution >= 4 is 28.3 Å². The minimum absolute atomic E-state index is 0.0636. The molecular weight excluding hydrogens is 744 g/mol. The number of carbonyl (C=O) groups is 1. The number of aromatic nitrogens is 5. The van der Waals surface area contributed by atoms with Gasteiger partial charge in [-0.3, -0.25) is 24.0 Å². The van der Waals surface area contributed by atoms with Crippen molar-refractivity contribution in [1.29, 1.82) is 0 Å². The molecule has 2 aliphatic heterocycles. The fourth-order valence-electron chi connectivity index (χ4n) is 7.89. The first-order chi connectivity index (χ1) is 27.0. The van der Waals surface area contributed by atoms with Crippen LogP contribution in [0.4, 0.5) is 13.2 Å². The van der Waals surface area contributed by atoms with Crippen molar-refractivity contribution in [2.45, 2.75) is 50.0 Å². The van der Waals surface area contributed by atoms with E-state index in [1.54, 1.807) is 25.6 Å². The summed E-state index contributed by atoms with van der Waals surface area (Å²) in [5.74, 6) is 0.477. The van der Waals surface area contributed by atoms with E-state index in [9.17, 15) is 27.9 Å². The minimum atomic E-state index is -4.50. The van der Waals surface area contributed by atoms with E-state index in [1.807, 2.05) is 51.9 Å². The highest BCUT2D eigenvalue weighted by atomic mass is 32.1. The highest BCUT2D eigenvalue weighted by Crippen LogP contribution is 2.37. The van der Waals surface area contributed by atoms with Crippen LogP contribution in [0.2, 0.25) is 0 Å². The molecule has 290 valence electrons. The molecule has 8 rings (SSSR count). The first kappa shape index (κ1) is 37.5. The fraction of sp³-hybridized carbons (Fsp3) is 0.341. The predicted molar refractivity (Wildman–Crippen MR) is 206 cm³/mol. The number of fused-ring (bicyclic) bond motifs is 1. The van der Waals surface area contributed by atoms with E-state index in [2.05, 4.69) is 32.0 Å². The molecule has 56 heavy (non-hydrogen) atoms. The van der Waals surface area contributed by atoms with E-state index < -0.39 is 17.5 Å². The number of piperidine rings is 2. The van der Waals surface area contributed by atoms with Crippen LogP contribution in [0.25, 0.3) is 27.3 Å². The third-order valence-corrected chi connectivity index (χ3v) is 12.0. The molecule has 0 radical (unpaired) electrons. The minimum Gasteiger partial charge on any atom is -0.497 e. The third-order valence-electron chi connectivity index (χ3n) is 11.0. The summed E-state index contributed by atoms with van der Waals surface area (Å²) < 4.78 is 47.6. The molecule has 2 aromatic carbocycles. The lowest BCUT2D eigenvalue weighted by Crippen LogP contribution is -2.53. The van der Waals surface area contributed by atoms with Crippen molar-refractivity contribution in [1.82, 2.24) is 33.9 Å². The van der Waals surface area contributed by atoms with Crippen molar-refractivity contribution in [3.8, 4) is 22.0 Å². The predicted octanol–water partition coefficient (Wildman–Crippen LogP) is 6.39. The zero-order valence-electron chi connectivity index (χ0n) is 30.6. The van der Waals surface area contributed by atoms with Crippen LogP contribution in [-0.4, -0.2) is 83.8 Å². The van der Waals surface area contributed by atoms with Crippen LogP contribution in [0.3, 0.4) is 0 Å². The number of nitrogens with zero attached hydrogens (tertiary/aromatic N) is 7. The lowest BCUT2D eigenvalue weighted by atomic mass is 9.79. The Hall–Kier alpha value is -5.38. The van der Waals surface area contributed by atoms with E-state index in [4.69, 9.17) is 4.74 Å². The molecule has 2 aliphatic rings. The van der Waals surface area contributed by atoms with Gasteiger partial charge in [-0.05, 0) is 73.8 Å². The Labute approximate surface area is 324 Å². The Morgan fingerprint density at radius 2 is 1.73 bits per heavy atom. The molecule has 1 N–H and O–H groups in total. The van der Waals surface area contributed by atoms with Crippen molar-refractivity contribution in [2.75, 3.05) is 33.3 Å². The number of amides is 1. The number of benzene rings is 2. The number of rotatable bonds is 9. The number of carbonyl (C=O) groups excluding carboxylic acids is 1. The fourth-order valence-corrected chi connectivity index (χ4v) is 8.84. The van der Waals surface area contributed by atoms with Gasteiger partial charge in [-0.1, -0.05) is 30.3 Å². The molecular formula is C41H40F3N7O4S. The molecule has 2 saturated heterocycles. The first-order valence-electron chi connectivity index (χ1n) is 18.5. The molecule has 1 amide bonds. The molecule has 0 unspecified atom stereocenters. The summed E-state index contributed by atoms with van der Waals surface area (Å²) in [5, 5.41) is 12.7. The molecule has 6 heterocycles. The van der Waals surface area contributed by atoms with Gasteiger partial charge in [-0.15, -0.1) is 11.3 Å². The second-order valence-electron chi connectivity index (χ2n) is 14.6. The van der Waals surface area contributed by atoms with Gasteiger partial charge in [0, 0.05) is 72.7 Å². The number of alkyl halides is 3. The highest BCUT2D eigenvalue weighted by Gasteiger charge is 2.41. The summed E-state index contributed by atoms with van der Waals surface area (Å²) in [6.07, 6.45) is 3.04. The van der Waals surface area contributed by atoms with E-state index in [1.165, 1.54) is 34.5 Å². The molecule has 11 nitrogen and oxygen atoms in total. The average molecular weight is 784 g/mol. The van der Waals surface area contributed by atoms with Gasteiger partial charge in [0.25, 0.3) is 5.56 Å². The van der Waals surface area contributed by atoms with Gasteiger partial charge in [0.1, 0.15) is 22.8 Å². The van der Waals surface area contributed by atoms with Gasteiger partial charge in [0.2, 0.25) is 5.91 Å². The number of hydrogen-bond acceptors (Lipinski definition) is 9. The van der Waals surface area contributed by atoms with Crippen LogP contribution in [0.1, 0.15) is 41.3 Å². The van der Waals surface area contributed by atoms with Crippen molar-refractivity contribution in [2.24, 2.45) is 5.92 Å². The zero-order valence-corrected chi connectivity index (χ0v) is 31.4. The monoisotopic (exact) mass is 783 g/mol. The van der Waals surface area contributed by atoms with E-state index >= 15 is 0 Å². The smallest absolute Gasteiger partial charge is 0.433 e. The highest BCUT2D eigenvalue weighted by molar-refractivity contribution is 7.15. The van der Waals surface area contributed by atoms with Gasteiger partial charge >= 0.3 is 6.18 Å². The van der Waals surface area contributed by atoms with Gasteiger partial charge in [-0.25, -0.2) is 9.97 Å². The lowest BCUT2D eigenvalue weighted by Gasteiger charge is -2.43. The van der Waals surface area contributed by atoms with Crippen molar-refractivity contribution in [3.05, 3.63) is 124 Å². The van der Waals surface area contributed by atoms with E-state index in [0.29, 0.717) is 73.6 Å². The molecule has 0 spiro atoms. The molecule has 0 aliphatic carbocycles. The Bertz CT molecular complexity index is 2370. The number of ether oxygens (including phenoxy) is 1. The maximum Gasteiger partial charge on any atom is 0.433 e. The molecule has 2 fully saturated rings. The van der Waals surface area contributed by atoms with Crippen LogP contribution < -0.4 is 10.3 Å². The number of halogens is 3. The van der Waals surface area contributed by atoms with Gasteiger partial charge in [0.15, 0.2) is 5.65 Å². The summed E-state index contributed by atoms with van der Waals surface area (Å²) >= 11 is 1.42. The van der Waals surface area contributed by atoms with Gasteiger partial charge in [0.05, 0.1) is 24.6 Å². The number of likely N-dealkylation sites (tertiary alicyclic amines) is 2. The SMILES string of the molecule is COc1ccc(-n2ccc3c(=O)n(CC4(O)CCN(C(=O)[C@@H]5CCN(Cc6cnc(-c7ccc(C(F)(F)F)nc7)s6)C[C@H]5c5ccccc5)CC4)cnc32)cc1. The second kappa shape index (κ2) is 15.3. The lowest BCUT2D eigenvalue weighted by molar-refractivity contribution is -0.143. The Kier molecular flexibility index (Phi) is 10.2. The molecule has 0 bridgehead atoms. The molecule has 0 saturated carbocycles. The number of thiazole rings is 1. The number of pyridine rings is 1. The molecule has 6 aromatic rings. The Morgan fingerprint density at radius 1 is 0.964 bits per heavy atom. The summed E-state index contributed by atoms with van der Waals surface area (Å²) in [6.45, 7) is 2.75. The van der Waals surface area contributed by atoms with Crippen molar-refractivity contribution < 1.29 is 27.8 Å². The number of methoxy groups -OCH3 is 1. The van der Waals surface area contributed by atoms with Crippen LogP contribution in [0.5, 0.6) is 5.75 Å². The number of hydrogen-bond donors (Lipinski definition) is 1. The quantitative estimate of drug-likeness (QED) is 0.179. The van der Waals surface area contributed by atoms with Crippen LogP contribution >= 0.6 is 11.3 Å². The Morgan fingerprint density at radius 3 is 2.43 bits per heavy atom. The van der Waals surface area contributed by atoms with Crippen LogP contribution in [0.15, 0.2) is 103 Å². The molecule has 15 heteroatoms. The normalized spacial score (nSPS) is 19.0. The van der Waals surface area contributed by atoms with Gasteiger partial charge < -0.3 is 19.3 Å². The van der Waals surface area contributed by atoms with E-state index in [-0.39, 0.29) is 29.8 Å². The average Bonchev–Trinajstić information content (AvgIpc) is 3.87. The topological polar surface area (TPSA) is 119 Å². The maximum absolute atomic E-state index is 14.2. The summed E-state index contributed by atoms with van der Waals surface area (Å²) in [7, 11) is 1.60.